The third-order valence-electron chi connectivity index (χ3n) is 6.17. The van der Waals surface area contributed by atoms with Crippen LogP contribution < -0.4 is 0 Å². The van der Waals surface area contributed by atoms with E-state index in [1.807, 2.05) is 12.1 Å². The van der Waals surface area contributed by atoms with Gasteiger partial charge in [0.05, 0.1) is 0 Å². The molecular weight excluding hydrogens is 343 g/mol. The van der Waals surface area contributed by atoms with Crippen molar-refractivity contribution < 1.29 is 4.39 Å². The third kappa shape index (κ3) is 5.71. The first-order chi connectivity index (χ1) is 13.7. The fraction of sp³-hybridized carbons (Fsp3) is 0.481. The molecule has 3 rings (SSSR count). The molecule has 1 aliphatic rings. The molecule has 0 aliphatic heterocycles. The van der Waals surface area contributed by atoms with Crippen molar-refractivity contribution in [3.05, 3.63) is 59.4 Å². The minimum absolute atomic E-state index is 0.0832. The van der Waals surface area contributed by atoms with E-state index in [1.165, 1.54) is 32.1 Å². The van der Waals surface area contributed by atoms with Crippen LogP contribution in [-0.2, 0) is 6.42 Å². The van der Waals surface area contributed by atoms with Crippen molar-refractivity contribution in [3.63, 3.8) is 0 Å². The molecule has 1 fully saturated rings. The predicted octanol–water partition coefficient (Wildman–Crippen LogP) is 7.79. The van der Waals surface area contributed by atoms with Gasteiger partial charge in [-0.25, -0.2) is 4.39 Å². The second-order valence-corrected chi connectivity index (χ2v) is 8.24. The monoisotopic (exact) mass is 376 g/mol. The van der Waals surface area contributed by atoms with Gasteiger partial charge in [-0.2, -0.15) is 0 Å². The van der Waals surface area contributed by atoms with Gasteiger partial charge in [0.25, 0.3) is 0 Å². The molecule has 0 bridgehead atoms. The largest absolute Gasteiger partial charge is 0.207 e. The van der Waals surface area contributed by atoms with Crippen LogP contribution >= 0.6 is 0 Å². The molecule has 0 N–H and O–H groups in total. The number of benzene rings is 2. The molecule has 0 nitrogen and oxygen atoms in total. The Balaban J connectivity index is 1.62. The van der Waals surface area contributed by atoms with Gasteiger partial charge in [0.15, 0.2) is 0 Å². The summed E-state index contributed by atoms with van der Waals surface area (Å²) in [5.74, 6) is 8.21. The first kappa shape index (κ1) is 20.7. The molecule has 2 aromatic rings. The number of unbranched alkanes of at least 4 members (excludes halogenated alkanes) is 2. The van der Waals surface area contributed by atoms with E-state index in [2.05, 4.69) is 50.0 Å². The van der Waals surface area contributed by atoms with E-state index in [0.717, 1.165) is 53.9 Å². The molecule has 0 atom stereocenters. The highest BCUT2D eigenvalue weighted by molar-refractivity contribution is 5.65. The van der Waals surface area contributed by atoms with Gasteiger partial charge in [0.1, 0.15) is 5.82 Å². The van der Waals surface area contributed by atoms with Crippen LogP contribution in [0.2, 0.25) is 0 Å². The summed E-state index contributed by atoms with van der Waals surface area (Å²) >= 11 is 0. The lowest BCUT2D eigenvalue weighted by atomic mass is 9.81. The van der Waals surface area contributed by atoms with E-state index in [0.29, 0.717) is 5.92 Å². The van der Waals surface area contributed by atoms with E-state index < -0.39 is 0 Å². The molecule has 0 unspecified atom stereocenters. The zero-order chi connectivity index (χ0) is 19.8. The van der Waals surface area contributed by atoms with Crippen LogP contribution in [0, 0.1) is 29.5 Å². The lowest BCUT2D eigenvalue weighted by molar-refractivity contribution is 0.309. The highest BCUT2D eigenvalue weighted by atomic mass is 19.1. The summed E-state index contributed by atoms with van der Waals surface area (Å²) in [4.78, 5) is 0. The topological polar surface area (TPSA) is 0 Å². The quantitative estimate of drug-likeness (QED) is 0.356. The lowest BCUT2D eigenvalue weighted by Crippen LogP contribution is -2.12. The second-order valence-electron chi connectivity index (χ2n) is 8.24. The highest BCUT2D eigenvalue weighted by Crippen LogP contribution is 2.30. The molecule has 0 aromatic heterocycles. The van der Waals surface area contributed by atoms with Crippen molar-refractivity contribution in [2.45, 2.75) is 71.6 Å². The Morgan fingerprint density at radius 2 is 1.61 bits per heavy atom. The van der Waals surface area contributed by atoms with Crippen molar-refractivity contribution in [2.24, 2.45) is 11.8 Å². The third-order valence-corrected chi connectivity index (χ3v) is 6.17. The number of halogens is 1. The second kappa shape index (κ2) is 10.5. The Kier molecular flexibility index (Phi) is 7.72. The lowest BCUT2D eigenvalue weighted by Gasteiger charge is -2.24. The van der Waals surface area contributed by atoms with Gasteiger partial charge in [-0.15, -0.1) is 0 Å². The molecule has 2 aromatic carbocycles. The Morgan fingerprint density at radius 1 is 0.893 bits per heavy atom. The minimum Gasteiger partial charge on any atom is -0.207 e. The van der Waals surface area contributed by atoms with Crippen LogP contribution in [0.3, 0.4) is 0 Å². The number of hydrogen-bond acceptors (Lipinski definition) is 0. The maximum absolute atomic E-state index is 14.4. The molecule has 28 heavy (non-hydrogen) atoms. The average Bonchev–Trinajstić information content (AvgIpc) is 2.74. The Hall–Kier alpha value is -2.07. The molecule has 0 saturated heterocycles. The fourth-order valence-electron chi connectivity index (χ4n) is 4.14. The summed E-state index contributed by atoms with van der Waals surface area (Å²) in [6.07, 6.45) is 10.7. The van der Waals surface area contributed by atoms with E-state index in [4.69, 9.17) is 0 Å². The van der Waals surface area contributed by atoms with Crippen LogP contribution in [0.25, 0.3) is 11.1 Å². The van der Waals surface area contributed by atoms with Gasteiger partial charge in [-0.3, -0.25) is 0 Å². The van der Waals surface area contributed by atoms with E-state index in [1.54, 1.807) is 6.07 Å². The average molecular weight is 377 g/mol. The fourth-order valence-corrected chi connectivity index (χ4v) is 4.14. The van der Waals surface area contributed by atoms with Crippen LogP contribution in [0.5, 0.6) is 0 Å². The number of rotatable bonds is 6. The maximum Gasteiger partial charge on any atom is 0.127 e. The van der Waals surface area contributed by atoms with Crippen molar-refractivity contribution in [2.75, 3.05) is 0 Å². The molecule has 1 saturated carbocycles. The highest BCUT2D eigenvalue weighted by Gasteiger charge is 2.18. The first-order valence-corrected chi connectivity index (χ1v) is 11.1. The van der Waals surface area contributed by atoms with Crippen LogP contribution in [0.15, 0.2) is 42.5 Å². The Morgan fingerprint density at radius 3 is 2.25 bits per heavy atom. The summed E-state index contributed by atoms with van der Waals surface area (Å²) in [5.41, 5.74) is 3.87. The predicted molar refractivity (Wildman–Crippen MR) is 118 cm³/mol. The van der Waals surface area contributed by atoms with Crippen LogP contribution in [0.4, 0.5) is 4.39 Å². The molecule has 148 valence electrons. The summed E-state index contributed by atoms with van der Waals surface area (Å²) in [6, 6.07) is 13.9. The molecule has 1 heteroatoms. The molecule has 1 aliphatic carbocycles. The van der Waals surface area contributed by atoms with Crippen LogP contribution in [-0.4, -0.2) is 0 Å². The molecule has 0 amide bonds. The first-order valence-electron chi connectivity index (χ1n) is 11.1. The van der Waals surface area contributed by atoms with Gasteiger partial charge in [0.2, 0.25) is 0 Å². The molecular formula is C27H33F. The summed E-state index contributed by atoms with van der Waals surface area (Å²) in [7, 11) is 0. The normalized spacial score (nSPS) is 19.1. The van der Waals surface area contributed by atoms with Gasteiger partial charge < -0.3 is 0 Å². The standard InChI is InChI=1S/C27H33F/c1-3-5-6-7-25-18-19-26(20-27(25)28)24-16-14-23(15-17-24)13-12-22-10-8-21(4-2)9-11-22/h14-22H,3-11H2,1-2H3. The Bertz CT molecular complexity index is 798. The Labute approximate surface area is 170 Å². The van der Waals surface area contributed by atoms with Gasteiger partial charge in [-0.1, -0.05) is 69.2 Å². The van der Waals surface area contributed by atoms with Crippen LogP contribution in [0.1, 0.15) is 76.3 Å². The zero-order valence-electron chi connectivity index (χ0n) is 17.4. The maximum atomic E-state index is 14.4. The summed E-state index contributed by atoms with van der Waals surface area (Å²) in [5, 5.41) is 0. The van der Waals surface area contributed by atoms with Crippen molar-refractivity contribution in [1.29, 1.82) is 0 Å². The van der Waals surface area contributed by atoms with Gasteiger partial charge in [0, 0.05) is 11.5 Å². The van der Waals surface area contributed by atoms with Crippen molar-refractivity contribution in [1.82, 2.24) is 0 Å². The number of aryl methyl sites for hydroxylation is 1. The van der Waals surface area contributed by atoms with Gasteiger partial charge >= 0.3 is 0 Å². The molecule has 0 radical (unpaired) electrons. The summed E-state index contributed by atoms with van der Waals surface area (Å²) < 4.78 is 14.4. The summed E-state index contributed by atoms with van der Waals surface area (Å²) in [6.45, 7) is 4.47. The smallest absolute Gasteiger partial charge is 0.127 e. The molecule has 0 heterocycles. The molecule has 0 spiro atoms. The van der Waals surface area contributed by atoms with Crippen molar-refractivity contribution >= 4 is 0 Å². The number of hydrogen-bond donors (Lipinski definition) is 0. The van der Waals surface area contributed by atoms with Gasteiger partial charge in [-0.05, 0) is 79.3 Å². The van der Waals surface area contributed by atoms with Crippen molar-refractivity contribution in [3.8, 4) is 23.0 Å². The SMILES string of the molecule is CCCCCc1ccc(-c2ccc(C#CC3CCC(CC)CC3)cc2)cc1F. The van der Waals surface area contributed by atoms with E-state index in [9.17, 15) is 4.39 Å². The minimum atomic E-state index is -0.0832. The zero-order valence-corrected chi connectivity index (χ0v) is 17.4. The van der Waals surface area contributed by atoms with E-state index >= 15 is 0 Å². The van der Waals surface area contributed by atoms with E-state index in [-0.39, 0.29) is 5.82 Å².